The largest absolute Gasteiger partial charge is 0.497 e. The SMILES string of the molecule is COc1ccc(OC(C)C(=O)OCC(=O)Nc2ccccc2[N+](=O)[O-])cc1. The number of para-hydroxylation sites is 2. The molecule has 0 spiro atoms. The summed E-state index contributed by atoms with van der Waals surface area (Å²) in [5, 5.41) is 13.3. The molecule has 9 nitrogen and oxygen atoms in total. The Balaban J connectivity index is 1.85. The number of nitro benzene ring substituents is 1. The van der Waals surface area contributed by atoms with E-state index < -0.39 is 29.5 Å². The van der Waals surface area contributed by atoms with Crippen LogP contribution in [0.15, 0.2) is 48.5 Å². The molecule has 0 saturated heterocycles. The first-order valence-corrected chi connectivity index (χ1v) is 7.91. The summed E-state index contributed by atoms with van der Waals surface area (Å²) in [6.07, 6.45) is -0.947. The first-order valence-electron chi connectivity index (χ1n) is 7.91. The van der Waals surface area contributed by atoms with Gasteiger partial charge in [0.2, 0.25) is 0 Å². The number of anilines is 1. The van der Waals surface area contributed by atoms with E-state index in [0.29, 0.717) is 11.5 Å². The molecule has 0 heterocycles. The Morgan fingerprint density at radius 1 is 1.11 bits per heavy atom. The predicted molar refractivity (Wildman–Crippen MR) is 95.8 cm³/mol. The molecule has 1 unspecified atom stereocenters. The van der Waals surface area contributed by atoms with E-state index in [0.717, 1.165) is 0 Å². The molecule has 0 fully saturated rings. The van der Waals surface area contributed by atoms with Crippen LogP contribution in [0.4, 0.5) is 11.4 Å². The van der Waals surface area contributed by atoms with Crippen LogP contribution in [0, 0.1) is 10.1 Å². The molecule has 0 aliphatic carbocycles. The van der Waals surface area contributed by atoms with Gasteiger partial charge in [-0.05, 0) is 37.3 Å². The predicted octanol–water partition coefficient (Wildman–Crippen LogP) is 2.55. The van der Waals surface area contributed by atoms with E-state index in [4.69, 9.17) is 14.2 Å². The van der Waals surface area contributed by atoms with Crippen LogP contribution in [0.1, 0.15) is 6.92 Å². The standard InChI is InChI=1S/C18H18N2O7/c1-12(27-14-9-7-13(25-2)8-10-14)18(22)26-11-17(21)19-15-5-3-4-6-16(15)20(23)24/h3-10,12H,11H2,1-2H3,(H,19,21). The van der Waals surface area contributed by atoms with E-state index in [1.54, 1.807) is 30.3 Å². The fourth-order valence-corrected chi connectivity index (χ4v) is 2.09. The van der Waals surface area contributed by atoms with Gasteiger partial charge in [-0.25, -0.2) is 4.79 Å². The Bertz CT molecular complexity index is 821. The lowest BCUT2D eigenvalue weighted by atomic mass is 10.2. The topological polar surface area (TPSA) is 117 Å². The van der Waals surface area contributed by atoms with Gasteiger partial charge in [0.25, 0.3) is 11.6 Å². The van der Waals surface area contributed by atoms with Crippen LogP contribution in [0.5, 0.6) is 11.5 Å². The summed E-state index contributed by atoms with van der Waals surface area (Å²) in [6.45, 7) is 0.883. The molecule has 2 rings (SSSR count). The fourth-order valence-electron chi connectivity index (χ4n) is 2.09. The minimum atomic E-state index is -0.947. The van der Waals surface area contributed by atoms with Crippen LogP contribution in [0.25, 0.3) is 0 Å². The Morgan fingerprint density at radius 2 is 1.74 bits per heavy atom. The molecular weight excluding hydrogens is 356 g/mol. The summed E-state index contributed by atoms with van der Waals surface area (Å²) in [4.78, 5) is 34.1. The molecule has 0 saturated carbocycles. The second kappa shape index (κ2) is 9.18. The Labute approximate surface area is 155 Å². The first-order chi connectivity index (χ1) is 12.9. The van der Waals surface area contributed by atoms with Gasteiger partial charge >= 0.3 is 5.97 Å². The summed E-state index contributed by atoms with van der Waals surface area (Å²) < 4.78 is 15.3. The molecule has 0 bridgehead atoms. The highest BCUT2D eigenvalue weighted by atomic mass is 16.6. The Kier molecular flexibility index (Phi) is 6.70. The smallest absolute Gasteiger partial charge is 0.347 e. The molecule has 0 radical (unpaired) electrons. The summed E-state index contributed by atoms with van der Waals surface area (Å²) >= 11 is 0. The number of nitrogens with zero attached hydrogens (tertiary/aromatic N) is 1. The highest BCUT2D eigenvalue weighted by Crippen LogP contribution is 2.23. The third-order valence-electron chi connectivity index (χ3n) is 3.42. The summed E-state index contributed by atoms with van der Waals surface area (Å²) in [5.41, 5.74) is -0.237. The molecule has 1 atom stereocenters. The van der Waals surface area contributed by atoms with Crippen molar-refractivity contribution < 1.29 is 28.7 Å². The van der Waals surface area contributed by atoms with Gasteiger partial charge in [-0.3, -0.25) is 14.9 Å². The van der Waals surface area contributed by atoms with Gasteiger partial charge in [-0.2, -0.15) is 0 Å². The van der Waals surface area contributed by atoms with Crippen LogP contribution < -0.4 is 14.8 Å². The number of hydrogen-bond donors (Lipinski definition) is 1. The van der Waals surface area contributed by atoms with Crippen molar-refractivity contribution in [3.63, 3.8) is 0 Å². The average Bonchev–Trinajstić information content (AvgIpc) is 2.66. The first kappa shape index (κ1) is 19.7. The number of esters is 1. The van der Waals surface area contributed by atoms with Crippen molar-refractivity contribution >= 4 is 23.3 Å². The summed E-state index contributed by atoms with van der Waals surface area (Å²) in [7, 11) is 1.53. The van der Waals surface area contributed by atoms with Crippen molar-refractivity contribution in [2.75, 3.05) is 19.0 Å². The van der Waals surface area contributed by atoms with Crippen LogP contribution in [-0.2, 0) is 14.3 Å². The second-order valence-corrected chi connectivity index (χ2v) is 5.37. The zero-order valence-corrected chi connectivity index (χ0v) is 14.7. The molecule has 2 aromatic carbocycles. The van der Waals surface area contributed by atoms with E-state index in [2.05, 4.69) is 5.32 Å². The summed E-state index contributed by atoms with van der Waals surface area (Å²) in [6, 6.07) is 12.3. The lowest BCUT2D eigenvalue weighted by Gasteiger charge is -2.14. The number of nitrogens with one attached hydrogen (secondary N) is 1. The van der Waals surface area contributed by atoms with Crippen LogP contribution in [-0.4, -0.2) is 36.6 Å². The number of nitro groups is 1. The molecule has 0 aliphatic heterocycles. The van der Waals surface area contributed by atoms with Crippen molar-refractivity contribution in [2.45, 2.75) is 13.0 Å². The zero-order valence-electron chi connectivity index (χ0n) is 14.7. The van der Waals surface area contributed by atoms with E-state index in [1.807, 2.05) is 0 Å². The number of carbonyl (C=O) groups is 2. The highest BCUT2D eigenvalue weighted by Gasteiger charge is 2.19. The van der Waals surface area contributed by atoms with Gasteiger partial charge in [-0.1, -0.05) is 12.1 Å². The third kappa shape index (κ3) is 5.70. The number of amides is 1. The number of carbonyl (C=O) groups excluding carboxylic acids is 2. The molecule has 2 aromatic rings. The van der Waals surface area contributed by atoms with Crippen molar-refractivity contribution in [3.05, 3.63) is 58.6 Å². The normalized spacial score (nSPS) is 11.2. The lowest BCUT2D eigenvalue weighted by molar-refractivity contribution is -0.383. The monoisotopic (exact) mass is 374 g/mol. The molecule has 0 aliphatic rings. The molecule has 1 amide bonds. The van der Waals surface area contributed by atoms with Crippen LogP contribution >= 0.6 is 0 Å². The average molecular weight is 374 g/mol. The maximum Gasteiger partial charge on any atom is 0.347 e. The summed E-state index contributed by atoms with van der Waals surface area (Å²) in [5.74, 6) is -0.369. The van der Waals surface area contributed by atoms with Gasteiger partial charge in [0.15, 0.2) is 12.7 Å². The number of methoxy groups -OCH3 is 1. The van der Waals surface area contributed by atoms with Crippen molar-refractivity contribution in [3.8, 4) is 11.5 Å². The van der Waals surface area contributed by atoms with E-state index in [-0.39, 0.29) is 11.4 Å². The van der Waals surface area contributed by atoms with Crippen LogP contribution in [0.3, 0.4) is 0 Å². The third-order valence-corrected chi connectivity index (χ3v) is 3.42. The van der Waals surface area contributed by atoms with Crippen molar-refractivity contribution in [2.24, 2.45) is 0 Å². The molecule has 142 valence electrons. The minimum Gasteiger partial charge on any atom is -0.497 e. The van der Waals surface area contributed by atoms with Gasteiger partial charge < -0.3 is 19.5 Å². The van der Waals surface area contributed by atoms with Crippen LogP contribution in [0.2, 0.25) is 0 Å². The van der Waals surface area contributed by atoms with Gasteiger partial charge in [0, 0.05) is 6.07 Å². The molecule has 1 N–H and O–H groups in total. The number of rotatable bonds is 8. The fraction of sp³-hybridized carbons (Fsp3) is 0.222. The van der Waals surface area contributed by atoms with Gasteiger partial charge in [0.05, 0.1) is 12.0 Å². The van der Waals surface area contributed by atoms with E-state index in [9.17, 15) is 19.7 Å². The van der Waals surface area contributed by atoms with E-state index >= 15 is 0 Å². The minimum absolute atomic E-state index is 0.0195. The second-order valence-electron chi connectivity index (χ2n) is 5.37. The maximum atomic E-state index is 11.9. The van der Waals surface area contributed by atoms with Gasteiger partial charge in [0.1, 0.15) is 17.2 Å². The molecule has 27 heavy (non-hydrogen) atoms. The molecule has 0 aromatic heterocycles. The molecular formula is C18H18N2O7. The van der Waals surface area contributed by atoms with E-state index in [1.165, 1.54) is 32.2 Å². The van der Waals surface area contributed by atoms with Crippen molar-refractivity contribution in [1.82, 2.24) is 0 Å². The lowest BCUT2D eigenvalue weighted by Crippen LogP contribution is -2.29. The number of hydrogen-bond acceptors (Lipinski definition) is 7. The van der Waals surface area contributed by atoms with Gasteiger partial charge in [-0.15, -0.1) is 0 Å². The molecule has 9 heteroatoms. The highest BCUT2D eigenvalue weighted by molar-refractivity contribution is 5.95. The number of benzene rings is 2. The zero-order chi connectivity index (χ0) is 19.8. The van der Waals surface area contributed by atoms with Crippen molar-refractivity contribution in [1.29, 1.82) is 0 Å². The maximum absolute atomic E-state index is 11.9. The Hall–Kier alpha value is -3.62. The number of ether oxygens (including phenoxy) is 3. The quantitative estimate of drug-likeness (QED) is 0.429. The Morgan fingerprint density at radius 3 is 2.37 bits per heavy atom.